The van der Waals surface area contributed by atoms with Crippen molar-refractivity contribution in [1.29, 1.82) is 0 Å². The van der Waals surface area contributed by atoms with Crippen molar-refractivity contribution in [2.24, 2.45) is 0 Å². The number of carbonyl (C=O) groups excluding carboxylic acids is 1. The molecule has 24 heavy (non-hydrogen) atoms. The molecule has 1 saturated heterocycles. The molecule has 0 unspecified atom stereocenters. The van der Waals surface area contributed by atoms with E-state index in [9.17, 15) is 9.59 Å². The van der Waals surface area contributed by atoms with Gasteiger partial charge in [0, 0.05) is 36.3 Å². The van der Waals surface area contributed by atoms with Gasteiger partial charge in [0.25, 0.3) is 0 Å². The molecule has 7 nitrogen and oxygen atoms in total. The van der Waals surface area contributed by atoms with Crippen LogP contribution in [0.3, 0.4) is 0 Å². The van der Waals surface area contributed by atoms with Crippen molar-refractivity contribution in [3.63, 3.8) is 0 Å². The van der Waals surface area contributed by atoms with Gasteiger partial charge in [-0.25, -0.2) is 4.98 Å². The summed E-state index contributed by atoms with van der Waals surface area (Å²) in [5.41, 5.74) is 1.71. The Bertz CT molecular complexity index is 739. The fourth-order valence-electron chi connectivity index (χ4n) is 3.15. The minimum atomic E-state index is -0.914. The number of carboxylic acid groups (broad SMARTS) is 1. The molecule has 0 saturated carbocycles. The van der Waals surface area contributed by atoms with Crippen LogP contribution in [0.15, 0.2) is 17.6 Å². The predicted molar refractivity (Wildman–Crippen MR) is 89.0 cm³/mol. The van der Waals surface area contributed by atoms with Crippen molar-refractivity contribution < 1.29 is 14.7 Å². The maximum Gasteiger partial charge on any atom is 0.325 e. The molecule has 2 aromatic heterocycles. The third-order valence-electron chi connectivity index (χ3n) is 4.23. The van der Waals surface area contributed by atoms with Gasteiger partial charge < -0.3 is 10.0 Å². The predicted octanol–water partition coefficient (Wildman–Crippen LogP) is 1.68. The molecule has 0 radical (unpaired) electrons. The van der Waals surface area contributed by atoms with E-state index in [1.807, 2.05) is 23.3 Å². The average Bonchev–Trinajstić information content (AvgIpc) is 3.16. The summed E-state index contributed by atoms with van der Waals surface area (Å²) in [7, 11) is 0. The van der Waals surface area contributed by atoms with E-state index < -0.39 is 5.97 Å². The smallest absolute Gasteiger partial charge is 0.325 e. The Morgan fingerprint density at radius 2 is 2.29 bits per heavy atom. The molecule has 0 aliphatic carbocycles. The van der Waals surface area contributed by atoms with Crippen LogP contribution in [0.5, 0.6) is 0 Å². The summed E-state index contributed by atoms with van der Waals surface area (Å²) in [5, 5.41) is 16.0. The third-order valence-corrected chi connectivity index (χ3v) is 5.05. The van der Waals surface area contributed by atoms with Crippen LogP contribution < -0.4 is 0 Å². The summed E-state index contributed by atoms with van der Waals surface area (Å²) in [5.74, 6) is -0.710. The van der Waals surface area contributed by atoms with Gasteiger partial charge in [0.15, 0.2) is 0 Å². The van der Waals surface area contributed by atoms with Crippen LogP contribution in [0.25, 0.3) is 0 Å². The van der Waals surface area contributed by atoms with Gasteiger partial charge in [-0.15, -0.1) is 11.3 Å². The van der Waals surface area contributed by atoms with Crippen LogP contribution in [-0.2, 0) is 22.6 Å². The molecule has 1 atom stereocenters. The van der Waals surface area contributed by atoms with Crippen LogP contribution in [0.4, 0.5) is 0 Å². The van der Waals surface area contributed by atoms with Gasteiger partial charge in [0.1, 0.15) is 6.54 Å². The lowest BCUT2D eigenvalue weighted by molar-refractivity contribution is -0.138. The summed E-state index contributed by atoms with van der Waals surface area (Å²) in [6, 6.07) is 1.85. The molecule has 1 fully saturated rings. The normalized spacial score (nSPS) is 17.9. The molecule has 8 heteroatoms. The van der Waals surface area contributed by atoms with E-state index in [1.165, 1.54) is 4.68 Å². The molecule has 0 aromatic carbocycles. The Morgan fingerprint density at radius 1 is 1.46 bits per heavy atom. The Hall–Kier alpha value is -2.22. The quantitative estimate of drug-likeness (QED) is 0.888. The van der Waals surface area contributed by atoms with Gasteiger partial charge in [-0.1, -0.05) is 0 Å². The van der Waals surface area contributed by atoms with Crippen LogP contribution in [0, 0.1) is 6.92 Å². The monoisotopic (exact) mass is 348 g/mol. The highest BCUT2D eigenvalue weighted by Crippen LogP contribution is 2.27. The number of aliphatic carboxylic acids is 1. The maximum absolute atomic E-state index is 12.5. The van der Waals surface area contributed by atoms with Gasteiger partial charge in [-0.3, -0.25) is 14.3 Å². The van der Waals surface area contributed by atoms with Gasteiger partial charge in [0.2, 0.25) is 5.91 Å². The molecule has 2 aromatic rings. The van der Waals surface area contributed by atoms with E-state index in [1.54, 1.807) is 17.5 Å². The van der Waals surface area contributed by atoms with Gasteiger partial charge >= 0.3 is 5.97 Å². The molecule has 1 aliphatic rings. The lowest BCUT2D eigenvalue weighted by atomic mass is 9.94. The standard InChI is InChI=1S/C16H20N4O3S/c1-11-18-13(10-24-11)7-15(21)19-6-2-3-12(8-19)14-4-5-17-20(14)9-16(22)23/h4-5,10,12H,2-3,6-9H2,1H3,(H,22,23)/t12-/m1/s1. The fraction of sp³-hybridized carbons (Fsp3) is 0.500. The molecular weight excluding hydrogens is 328 g/mol. The molecule has 1 N–H and O–H groups in total. The minimum Gasteiger partial charge on any atom is -0.480 e. The van der Waals surface area contributed by atoms with Crippen LogP contribution >= 0.6 is 11.3 Å². The summed E-state index contributed by atoms with van der Waals surface area (Å²) < 4.78 is 1.52. The topological polar surface area (TPSA) is 88.3 Å². The number of likely N-dealkylation sites (tertiary alicyclic amines) is 1. The molecule has 0 spiro atoms. The van der Waals surface area contributed by atoms with Crippen molar-refractivity contribution in [3.8, 4) is 0 Å². The first kappa shape index (κ1) is 16.6. The van der Waals surface area contributed by atoms with Crippen molar-refractivity contribution in [2.45, 2.75) is 38.6 Å². The van der Waals surface area contributed by atoms with Gasteiger partial charge in [-0.05, 0) is 25.8 Å². The Balaban J connectivity index is 1.67. The number of piperidine rings is 1. The number of carboxylic acids is 1. The highest BCUT2D eigenvalue weighted by molar-refractivity contribution is 7.09. The molecule has 1 aliphatic heterocycles. The van der Waals surface area contributed by atoms with Crippen molar-refractivity contribution >= 4 is 23.2 Å². The summed E-state index contributed by atoms with van der Waals surface area (Å²) in [6.45, 7) is 3.13. The maximum atomic E-state index is 12.5. The second-order valence-electron chi connectivity index (χ2n) is 6.02. The van der Waals surface area contributed by atoms with E-state index in [0.717, 1.165) is 35.8 Å². The molecule has 1 amide bonds. The van der Waals surface area contributed by atoms with Crippen molar-refractivity contribution in [1.82, 2.24) is 19.7 Å². The molecule has 3 rings (SSSR count). The van der Waals surface area contributed by atoms with E-state index >= 15 is 0 Å². The van der Waals surface area contributed by atoms with Crippen LogP contribution in [0.2, 0.25) is 0 Å². The largest absolute Gasteiger partial charge is 0.480 e. The Morgan fingerprint density at radius 3 is 3.00 bits per heavy atom. The highest BCUT2D eigenvalue weighted by atomic mass is 32.1. The fourth-order valence-corrected chi connectivity index (χ4v) is 3.76. The molecule has 3 heterocycles. The highest BCUT2D eigenvalue weighted by Gasteiger charge is 2.27. The number of nitrogens with zero attached hydrogens (tertiary/aromatic N) is 4. The van der Waals surface area contributed by atoms with Crippen LogP contribution in [0.1, 0.15) is 35.2 Å². The zero-order valence-electron chi connectivity index (χ0n) is 13.5. The number of rotatable bonds is 5. The first-order chi connectivity index (χ1) is 11.5. The second kappa shape index (κ2) is 7.12. The number of aromatic nitrogens is 3. The number of thiazole rings is 1. The number of aryl methyl sites for hydroxylation is 1. The SMILES string of the molecule is Cc1nc(CC(=O)N2CCC[C@@H](c3ccnn3CC(=O)O)C2)cs1. The van der Waals surface area contributed by atoms with Crippen molar-refractivity contribution in [3.05, 3.63) is 34.0 Å². The minimum absolute atomic E-state index is 0.0781. The van der Waals surface area contributed by atoms with Crippen LogP contribution in [-0.4, -0.2) is 49.7 Å². The van der Waals surface area contributed by atoms with Gasteiger partial charge in [0.05, 0.1) is 17.1 Å². The van der Waals surface area contributed by atoms with E-state index in [0.29, 0.717) is 13.0 Å². The third kappa shape index (κ3) is 3.81. The van der Waals surface area contributed by atoms with E-state index in [4.69, 9.17) is 5.11 Å². The van der Waals surface area contributed by atoms with Gasteiger partial charge in [-0.2, -0.15) is 5.10 Å². The number of carbonyl (C=O) groups is 2. The summed E-state index contributed by atoms with van der Waals surface area (Å²) in [4.78, 5) is 29.7. The molecule has 128 valence electrons. The number of hydrogen-bond donors (Lipinski definition) is 1. The Labute approximate surface area is 143 Å². The second-order valence-corrected chi connectivity index (χ2v) is 7.08. The summed E-state index contributed by atoms with van der Waals surface area (Å²) in [6.07, 6.45) is 3.79. The number of amides is 1. The average molecular weight is 348 g/mol. The van der Waals surface area contributed by atoms with E-state index in [-0.39, 0.29) is 18.4 Å². The zero-order valence-corrected chi connectivity index (χ0v) is 14.3. The van der Waals surface area contributed by atoms with E-state index in [2.05, 4.69) is 10.1 Å². The first-order valence-corrected chi connectivity index (χ1v) is 8.83. The zero-order chi connectivity index (χ0) is 17.1. The molecule has 0 bridgehead atoms. The first-order valence-electron chi connectivity index (χ1n) is 7.95. The lowest BCUT2D eigenvalue weighted by Gasteiger charge is -2.33. The lowest BCUT2D eigenvalue weighted by Crippen LogP contribution is -2.40. The number of hydrogen-bond acceptors (Lipinski definition) is 5. The molecular formula is C16H20N4O3S. The summed E-state index contributed by atoms with van der Waals surface area (Å²) >= 11 is 1.55. The Kier molecular flexibility index (Phi) is 4.94. The van der Waals surface area contributed by atoms with Crippen molar-refractivity contribution in [2.75, 3.05) is 13.1 Å².